The number of carbonyl (C=O) groups excluding carboxylic acids is 3. The van der Waals surface area contributed by atoms with E-state index in [1.807, 2.05) is 0 Å². The largest absolute Gasteiger partial charge is 0.459 e. The molecule has 1 fully saturated rings. The van der Waals surface area contributed by atoms with Crippen LogP contribution in [0.4, 0.5) is 0 Å². The van der Waals surface area contributed by atoms with Crippen LogP contribution in [0.25, 0.3) is 0 Å². The molecule has 0 aliphatic carbocycles. The Hall–Kier alpha value is -3.23. The van der Waals surface area contributed by atoms with Gasteiger partial charge >= 0.3 is 5.97 Å². The van der Waals surface area contributed by atoms with Gasteiger partial charge in [0.1, 0.15) is 0 Å². The molecule has 3 rings (SSSR count). The lowest BCUT2D eigenvalue weighted by Crippen LogP contribution is -2.51. The highest BCUT2D eigenvalue weighted by atomic mass is 16.5. The Balaban J connectivity index is 1.45. The van der Waals surface area contributed by atoms with Gasteiger partial charge in [0.05, 0.1) is 12.5 Å². The molecular weight excluding hydrogens is 328 g/mol. The molecule has 1 aliphatic heterocycles. The molecule has 2 aromatic rings. The predicted molar refractivity (Wildman–Crippen MR) is 83.5 cm³/mol. The predicted octanol–water partition coefficient (Wildman–Crippen LogP) is 0.211. The highest BCUT2D eigenvalue weighted by Gasteiger charge is 2.26. The van der Waals surface area contributed by atoms with Crippen molar-refractivity contribution in [3.05, 3.63) is 48.4 Å². The zero-order valence-electron chi connectivity index (χ0n) is 13.3. The molecule has 2 amide bonds. The van der Waals surface area contributed by atoms with Gasteiger partial charge in [0.15, 0.2) is 18.1 Å². The summed E-state index contributed by atoms with van der Waals surface area (Å²) in [6, 6.07) is 3.25. The molecule has 2 aromatic heterocycles. The minimum atomic E-state index is -0.701. The average molecular weight is 344 g/mol. The van der Waals surface area contributed by atoms with Crippen LogP contribution in [0.3, 0.4) is 0 Å². The fraction of sp³-hybridized carbons (Fsp3) is 0.312. The maximum absolute atomic E-state index is 12.2. The van der Waals surface area contributed by atoms with Gasteiger partial charge in [-0.15, -0.1) is 0 Å². The summed E-state index contributed by atoms with van der Waals surface area (Å²) in [5.74, 6) is -0.945. The zero-order chi connectivity index (χ0) is 17.6. The van der Waals surface area contributed by atoms with E-state index in [2.05, 4.69) is 9.97 Å². The van der Waals surface area contributed by atoms with E-state index in [9.17, 15) is 14.4 Å². The first kappa shape index (κ1) is 16.6. The maximum Gasteiger partial charge on any atom is 0.359 e. The molecular formula is C16H16N4O5. The number of amides is 2. The minimum Gasteiger partial charge on any atom is -0.459 e. The van der Waals surface area contributed by atoms with Gasteiger partial charge in [-0.1, -0.05) is 0 Å². The first-order valence-corrected chi connectivity index (χ1v) is 7.69. The summed E-state index contributed by atoms with van der Waals surface area (Å²) in [7, 11) is 0. The number of rotatable bonds is 4. The zero-order valence-corrected chi connectivity index (χ0v) is 13.3. The third-order valence-electron chi connectivity index (χ3n) is 3.75. The molecule has 25 heavy (non-hydrogen) atoms. The van der Waals surface area contributed by atoms with E-state index in [4.69, 9.17) is 9.15 Å². The van der Waals surface area contributed by atoms with Gasteiger partial charge in [-0.2, -0.15) is 0 Å². The van der Waals surface area contributed by atoms with Crippen molar-refractivity contribution in [3.8, 4) is 0 Å². The van der Waals surface area contributed by atoms with Gasteiger partial charge in [-0.25, -0.2) is 9.78 Å². The Morgan fingerprint density at radius 2 is 1.88 bits per heavy atom. The van der Waals surface area contributed by atoms with E-state index in [-0.39, 0.29) is 29.9 Å². The minimum absolute atomic E-state index is 0.0455. The molecule has 0 spiro atoms. The molecule has 0 atom stereocenters. The van der Waals surface area contributed by atoms with Crippen LogP contribution in [0, 0.1) is 0 Å². The van der Waals surface area contributed by atoms with Crippen molar-refractivity contribution >= 4 is 17.8 Å². The number of hydrogen-bond acceptors (Lipinski definition) is 7. The third-order valence-corrected chi connectivity index (χ3v) is 3.75. The first-order valence-electron chi connectivity index (χ1n) is 7.69. The molecule has 0 unspecified atom stereocenters. The highest BCUT2D eigenvalue weighted by Crippen LogP contribution is 2.09. The van der Waals surface area contributed by atoms with Crippen molar-refractivity contribution in [3.63, 3.8) is 0 Å². The number of esters is 1. The second-order valence-electron chi connectivity index (χ2n) is 5.32. The SMILES string of the molecule is O=C(OCC(=O)N1CCN(C(=O)c2ccco2)CC1)c1cnccn1. The van der Waals surface area contributed by atoms with Crippen molar-refractivity contribution in [2.24, 2.45) is 0 Å². The third kappa shape index (κ3) is 4.00. The molecule has 0 radical (unpaired) electrons. The van der Waals surface area contributed by atoms with Gasteiger partial charge < -0.3 is 19.0 Å². The second-order valence-corrected chi connectivity index (χ2v) is 5.32. The summed E-state index contributed by atoms with van der Waals surface area (Å²) < 4.78 is 10.0. The molecule has 0 N–H and O–H groups in total. The molecule has 0 bridgehead atoms. The van der Waals surface area contributed by atoms with Crippen molar-refractivity contribution in [1.29, 1.82) is 0 Å². The fourth-order valence-electron chi connectivity index (χ4n) is 2.41. The fourth-order valence-corrected chi connectivity index (χ4v) is 2.41. The molecule has 130 valence electrons. The number of nitrogens with zero attached hydrogens (tertiary/aromatic N) is 4. The van der Waals surface area contributed by atoms with Crippen LogP contribution < -0.4 is 0 Å². The molecule has 3 heterocycles. The summed E-state index contributed by atoms with van der Waals surface area (Å²) in [6.07, 6.45) is 5.52. The van der Waals surface area contributed by atoms with Crippen molar-refractivity contribution in [2.45, 2.75) is 0 Å². The number of aromatic nitrogens is 2. The van der Waals surface area contributed by atoms with E-state index in [1.165, 1.54) is 24.9 Å². The van der Waals surface area contributed by atoms with Gasteiger partial charge in [0.2, 0.25) is 0 Å². The van der Waals surface area contributed by atoms with Crippen LogP contribution in [0.15, 0.2) is 41.4 Å². The maximum atomic E-state index is 12.2. The average Bonchev–Trinajstić information content (AvgIpc) is 3.21. The highest BCUT2D eigenvalue weighted by molar-refractivity contribution is 5.92. The quantitative estimate of drug-likeness (QED) is 0.730. The van der Waals surface area contributed by atoms with Gasteiger partial charge in [-0.3, -0.25) is 14.6 Å². The van der Waals surface area contributed by atoms with Crippen LogP contribution in [0.2, 0.25) is 0 Å². The van der Waals surface area contributed by atoms with Crippen LogP contribution in [-0.2, 0) is 9.53 Å². The van der Waals surface area contributed by atoms with Gasteiger partial charge in [0, 0.05) is 38.6 Å². The van der Waals surface area contributed by atoms with E-state index in [1.54, 1.807) is 21.9 Å². The molecule has 9 nitrogen and oxygen atoms in total. The van der Waals surface area contributed by atoms with Crippen LogP contribution in [0.5, 0.6) is 0 Å². The van der Waals surface area contributed by atoms with Crippen molar-refractivity contribution < 1.29 is 23.5 Å². The molecule has 1 saturated heterocycles. The smallest absolute Gasteiger partial charge is 0.359 e. The lowest BCUT2D eigenvalue weighted by molar-refractivity contribution is -0.136. The number of furan rings is 1. The van der Waals surface area contributed by atoms with E-state index in [0.717, 1.165) is 0 Å². The molecule has 0 saturated carbocycles. The number of hydrogen-bond donors (Lipinski definition) is 0. The normalized spacial score (nSPS) is 14.2. The van der Waals surface area contributed by atoms with Crippen LogP contribution in [0.1, 0.15) is 21.0 Å². The summed E-state index contributed by atoms with van der Waals surface area (Å²) in [6.45, 7) is 1.15. The summed E-state index contributed by atoms with van der Waals surface area (Å²) in [5, 5.41) is 0. The summed E-state index contributed by atoms with van der Waals surface area (Å²) in [4.78, 5) is 46.8. The van der Waals surface area contributed by atoms with Crippen LogP contribution in [-0.4, -0.2) is 70.3 Å². The Bertz CT molecular complexity index is 739. The van der Waals surface area contributed by atoms with E-state index in [0.29, 0.717) is 26.2 Å². The number of ether oxygens (including phenoxy) is 1. The Labute approximate surface area is 143 Å². The Kier molecular flexibility index (Phi) is 5.03. The lowest BCUT2D eigenvalue weighted by atomic mass is 10.3. The van der Waals surface area contributed by atoms with Gasteiger partial charge in [0.25, 0.3) is 11.8 Å². The molecule has 9 heteroatoms. The molecule has 1 aliphatic rings. The van der Waals surface area contributed by atoms with Crippen molar-refractivity contribution in [2.75, 3.05) is 32.8 Å². The lowest BCUT2D eigenvalue weighted by Gasteiger charge is -2.34. The first-order chi connectivity index (χ1) is 12.1. The monoisotopic (exact) mass is 344 g/mol. The summed E-state index contributed by atoms with van der Waals surface area (Å²) in [5.41, 5.74) is 0.0455. The number of piperazine rings is 1. The van der Waals surface area contributed by atoms with Crippen molar-refractivity contribution in [1.82, 2.24) is 19.8 Å². The standard InChI is InChI=1S/C16H16N4O5/c21-14(11-25-16(23)12-10-17-3-4-18-12)19-5-7-20(8-6-19)15(22)13-2-1-9-24-13/h1-4,9-10H,5-8,11H2. The number of carbonyl (C=O) groups is 3. The van der Waals surface area contributed by atoms with Gasteiger partial charge in [-0.05, 0) is 12.1 Å². The summed E-state index contributed by atoms with van der Waals surface area (Å²) >= 11 is 0. The second kappa shape index (κ2) is 7.56. The Morgan fingerprint density at radius 1 is 1.12 bits per heavy atom. The topological polar surface area (TPSA) is 106 Å². The van der Waals surface area contributed by atoms with E-state index >= 15 is 0 Å². The molecule has 0 aromatic carbocycles. The van der Waals surface area contributed by atoms with E-state index < -0.39 is 5.97 Å². The Morgan fingerprint density at radius 3 is 2.52 bits per heavy atom. The van der Waals surface area contributed by atoms with Crippen LogP contribution >= 0.6 is 0 Å².